The highest BCUT2D eigenvalue weighted by atomic mass is 16.6. The van der Waals surface area contributed by atoms with Gasteiger partial charge in [0.2, 0.25) is 0 Å². The molecule has 0 aromatic heterocycles. The lowest BCUT2D eigenvalue weighted by Gasteiger charge is -2.24. The van der Waals surface area contributed by atoms with E-state index in [1.165, 1.54) is 0 Å². The number of nitrogen functional groups attached to an aromatic ring is 1. The molecule has 0 spiro atoms. The summed E-state index contributed by atoms with van der Waals surface area (Å²) in [6.07, 6.45) is 2.20. The lowest BCUT2D eigenvalue weighted by molar-refractivity contribution is -0.159. The SMILES string of the molecule is CC(C)(C)OC(=O)[C@H](COCc1ccccc1N)NC1CC1. The smallest absolute Gasteiger partial charge is 0.326 e. The third-order valence-electron chi connectivity index (χ3n) is 3.30. The molecule has 0 saturated heterocycles. The summed E-state index contributed by atoms with van der Waals surface area (Å²) in [6.45, 7) is 6.26. The summed E-state index contributed by atoms with van der Waals surface area (Å²) in [5, 5.41) is 3.28. The first-order valence-electron chi connectivity index (χ1n) is 7.75. The van der Waals surface area contributed by atoms with Crippen LogP contribution >= 0.6 is 0 Å². The third kappa shape index (κ3) is 5.66. The predicted molar refractivity (Wildman–Crippen MR) is 86.3 cm³/mol. The van der Waals surface area contributed by atoms with E-state index in [1.807, 2.05) is 45.0 Å². The van der Waals surface area contributed by atoms with Crippen molar-refractivity contribution in [2.24, 2.45) is 0 Å². The number of nitrogens with two attached hydrogens (primary N) is 1. The Morgan fingerprint density at radius 2 is 2.05 bits per heavy atom. The van der Waals surface area contributed by atoms with Gasteiger partial charge in [-0.2, -0.15) is 0 Å². The van der Waals surface area contributed by atoms with Crippen molar-refractivity contribution in [2.45, 2.75) is 57.9 Å². The summed E-state index contributed by atoms with van der Waals surface area (Å²) in [5.74, 6) is -0.263. The van der Waals surface area contributed by atoms with Gasteiger partial charge < -0.3 is 15.2 Å². The van der Waals surface area contributed by atoms with E-state index in [0.717, 1.165) is 18.4 Å². The third-order valence-corrected chi connectivity index (χ3v) is 3.30. The average Bonchev–Trinajstić information content (AvgIpc) is 3.21. The number of hydrogen-bond donors (Lipinski definition) is 2. The molecular formula is C17H26N2O3. The summed E-state index contributed by atoms with van der Waals surface area (Å²) < 4.78 is 11.1. The maximum Gasteiger partial charge on any atom is 0.326 e. The number of esters is 1. The largest absolute Gasteiger partial charge is 0.459 e. The number of anilines is 1. The summed E-state index contributed by atoms with van der Waals surface area (Å²) in [6, 6.07) is 7.54. The van der Waals surface area contributed by atoms with Crippen LogP contribution in [0.3, 0.4) is 0 Å². The summed E-state index contributed by atoms with van der Waals surface area (Å²) in [7, 11) is 0. The molecule has 3 N–H and O–H groups in total. The van der Waals surface area contributed by atoms with Crippen LogP contribution in [-0.4, -0.2) is 30.3 Å². The van der Waals surface area contributed by atoms with Crippen molar-refractivity contribution in [3.05, 3.63) is 29.8 Å². The molecule has 0 amide bonds. The van der Waals surface area contributed by atoms with Crippen LogP contribution in [0.2, 0.25) is 0 Å². The Morgan fingerprint density at radius 3 is 2.64 bits per heavy atom. The number of carbonyl (C=O) groups excluding carboxylic acids is 1. The van der Waals surface area contributed by atoms with Crippen molar-refractivity contribution in [1.29, 1.82) is 0 Å². The summed E-state index contributed by atoms with van der Waals surface area (Å²) >= 11 is 0. The number of hydrogen-bond acceptors (Lipinski definition) is 5. The van der Waals surface area contributed by atoms with Gasteiger partial charge in [-0.25, -0.2) is 0 Å². The molecule has 1 aromatic carbocycles. The van der Waals surface area contributed by atoms with E-state index >= 15 is 0 Å². The normalized spacial score (nSPS) is 16.3. The molecule has 5 nitrogen and oxygen atoms in total. The van der Waals surface area contributed by atoms with Crippen molar-refractivity contribution in [3.8, 4) is 0 Å². The van der Waals surface area contributed by atoms with Crippen LogP contribution < -0.4 is 11.1 Å². The number of para-hydroxylation sites is 1. The van der Waals surface area contributed by atoms with Crippen molar-refractivity contribution in [2.75, 3.05) is 12.3 Å². The molecule has 1 saturated carbocycles. The van der Waals surface area contributed by atoms with Crippen molar-refractivity contribution < 1.29 is 14.3 Å². The Bertz CT molecular complexity index is 507. The molecule has 1 atom stereocenters. The zero-order valence-electron chi connectivity index (χ0n) is 13.6. The summed E-state index contributed by atoms with van der Waals surface area (Å²) in [4.78, 5) is 12.2. The second-order valence-corrected chi connectivity index (χ2v) is 6.74. The van der Waals surface area contributed by atoms with Gasteiger partial charge in [-0.15, -0.1) is 0 Å². The first-order valence-corrected chi connectivity index (χ1v) is 7.75. The van der Waals surface area contributed by atoms with E-state index in [4.69, 9.17) is 15.2 Å². The van der Waals surface area contributed by atoms with Gasteiger partial charge >= 0.3 is 5.97 Å². The van der Waals surface area contributed by atoms with Gasteiger partial charge in [0.15, 0.2) is 0 Å². The van der Waals surface area contributed by atoms with Gasteiger partial charge in [-0.05, 0) is 39.7 Å². The van der Waals surface area contributed by atoms with E-state index in [1.54, 1.807) is 0 Å². The maximum atomic E-state index is 12.2. The van der Waals surface area contributed by atoms with Crippen LogP contribution in [0.4, 0.5) is 5.69 Å². The molecule has 122 valence electrons. The minimum atomic E-state index is -0.496. The minimum Gasteiger partial charge on any atom is -0.459 e. The highest BCUT2D eigenvalue weighted by Crippen LogP contribution is 2.20. The summed E-state index contributed by atoms with van der Waals surface area (Å²) in [5.41, 5.74) is 7.02. The number of nitrogens with one attached hydrogen (secondary N) is 1. The Hall–Kier alpha value is -1.59. The van der Waals surface area contributed by atoms with Crippen molar-refractivity contribution in [3.63, 3.8) is 0 Å². The average molecular weight is 306 g/mol. The topological polar surface area (TPSA) is 73.6 Å². The first kappa shape index (κ1) is 16.8. The Morgan fingerprint density at radius 1 is 1.36 bits per heavy atom. The Labute approximate surface area is 132 Å². The van der Waals surface area contributed by atoms with Crippen LogP contribution in [0.15, 0.2) is 24.3 Å². The second kappa shape index (κ2) is 7.11. The molecule has 1 aromatic rings. The molecule has 0 radical (unpaired) electrons. The monoisotopic (exact) mass is 306 g/mol. The molecular weight excluding hydrogens is 280 g/mol. The molecule has 22 heavy (non-hydrogen) atoms. The van der Waals surface area contributed by atoms with Crippen LogP contribution in [-0.2, 0) is 20.9 Å². The van der Waals surface area contributed by atoms with Crippen LogP contribution in [0, 0.1) is 0 Å². The van der Waals surface area contributed by atoms with Crippen LogP contribution in [0.1, 0.15) is 39.2 Å². The lowest BCUT2D eigenvalue weighted by Crippen LogP contribution is -2.45. The van der Waals surface area contributed by atoms with Gasteiger partial charge in [-0.1, -0.05) is 18.2 Å². The molecule has 0 aliphatic heterocycles. The fraction of sp³-hybridized carbons (Fsp3) is 0.588. The van der Waals surface area contributed by atoms with E-state index in [9.17, 15) is 4.79 Å². The minimum absolute atomic E-state index is 0.263. The molecule has 0 unspecified atom stereocenters. The molecule has 0 bridgehead atoms. The highest BCUT2D eigenvalue weighted by Gasteiger charge is 2.31. The molecule has 1 fully saturated rings. The number of ether oxygens (including phenoxy) is 2. The van der Waals surface area contributed by atoms with E-state index in [0.29, 0.717) is 18.3 Å². The fourth-order valence-corrected chi connectivity index (χ4v) is 2.04. The number of rotatable bonds is 7. The molecule has 5 heteroatoms. The van der Waals surface area contributed by atoms with Crippen LogP contribution in [0.5, 0.6) is 0 Å². The van der Waals surface area contributed by atoms with Crippen molar-refractivity contribution in [1.82, 2.24) is 5.32 Å². The molecule has 1 aliphatic carbocycles. The number of benzene rings is 1. The van der Waals surface area contributed by atoms with E-state index in [-0.39, 0.29) is 12.6 Å². The van der Waals surface area contributed by atoms with Gasteiger partial charge in [-0.3, -0.25) is 10.1 Å². The quantitative estimate of drug-likeness (QED) is 0.597. The second-order valence-electron chi connectivity index (χ2n) is 6.74. The van der Waals surface area contributed by atoms with E-state index < -0.39 is 11.6 Å². The zero-order chi connectivity index (χ0) is 16.2. The fourth-order valence-electron chi connectivity index (χ4n) is 2.04. The van der Waals surface area contributed by atoms with Gasteiger partial charge in [0.25, 0.3) is 0 Å². The highest BCUT2D eigenvalue weighted by molar-refractivity contribution is 5.76. The number of carbonyl (C=O) groups is 1. The van der Waals surface area contributed by atoms with Gasteiger partial charge in [0.05, 0.1) is 13.2 Å². The first-order chi connectivity index (χ1) is 10.3. The maximum absolute atomic E-state index is 12.2. The Kier molecular flexibility index (Phi) is 5.42. The standard InChI is InChI=1S/C17H26N2O3/c1-17(2,3)22-16(20)15(19-13-8-9-13)11-21-10-12-6-4-5-7-14(12)18/h4-7,13,15,19H,8-11,18H2,1-3H3/t15-/m0/s1. The van der Waals surface area contributed by atoms with E-state index in [2.05, 4.69) is 5.32 Å². The van der Waals surface area contributed by atoms with Crippen molar-refractivity contribution >= 4 is 11.7 Å². The Balaban J connectivity index is 1.86. The van der Waals surface area contributed by atoms with Gasteiger partial charge in [0.1, 0.15) is 11.6 Å². The predicted octanol–water partition coefficient (Wildman–Crippen LogP) is 2.25. The molecule has 2 rings (SSSR count). The zero-order valence-corrected chi connectivity index (χ0v) is 13.6. The van der Waals surface area contributed by atoms with Gasteiger partial charge in [0, 0.05) is 17.3 Å². The van der Waals surface area contributed by atoms with Crippen LogP contribution in [0.25, 0.3) is 0 Å². The molecule has 0 heterocycles. The molecule has 1 aliphatic rings. The lowest BCUT2D eigenvalue weighted by atomic mass is 10.2.